The second-order valence-electron chi connectivity index (χ2n) is 7.45. The van der Waals surface area contributed by atoms with Gasteiger partial charge in [-0.3, -0.25) is 14.5 Å². The molecule has 0 radical (unpaired) electrons. The number of carbonyl (C=O) groups excluding carboxylic acids is 1. The van der Waals surface area contributed by atoms with Crippen LogP contribution in [0.25, 0.3) is 11.3 Å². The SMILES string of the molecule is Cc1c(-c2cc(C(=O)N3CC[C@H]4[C@@H]3CCN4c3ccncc3)no2)cnn1C. The minimum Gasteiger partial charge on any atom is -0.366 e. The van der Waals surface area contributed by atoms with E-state index in [0.29, 0.717) is 17.5 Å². The predicted molar refractivity (Wildman–Crippen MR) is 103 cm³/mol. The fourth-order valence-corrected chi connectivity index (χ4v) is 4.49. The van der Waals surface area contributed by atoms with Crippen LogP contribution in [0.3, 0.4) is 0 Å². The number of anilines is 1. The number of nitrogens with zero attached hydrogens (tertiary/aromatic N) is 6. The first kappa shape index (κ1) is 17.0. The molecule has 0 unspecified atom stereocenters. The van der Waals surface area contributed by atoms with E-state index in [-0.39, 0.29) is 11.9 Å². The van der Waals surface area contributed by atoms with Gasteiger partial charge >= 0.3 is 0 Å². The number of hydrogen-bond acceptors (Lipinski definition) is 6. The minimum absolute atomic E-state index is 0.0550. The molecule has 0 N–H and O–H groups in total. The highest BCUT2D eigenvalue weighted by Crippen LogP contribution is 2.36. The highest BCUT2D eigenvalue weighted by molar-refractivity contribution is 5.93. The van der Waals surface area contributed by atoms with Gasteiger partial charge in [0, 0.05) is 50.0 Å². The van der Waals surface area contributed by atoms with Gasteiger partial charge in [-0.25, -0.2) is 0 Å². The molecular formula is C20H22N6O2. The van der Waals surface area contributed by atoms with Crippen LogP contribution in [0.2, 0.25) is 0 Å². The highest BCUT2D eigenvalue weighted by atomic mass is 16.5. The molecule has 2 aliphatic rings. The zero-order valence-corrected chi connectivity index (χ0v) is 15.9. The molecule has 0 aromatic carbocycles. The molecule has 8 nitrogen and oxygen atoms in total. The van der Waals surface area contributed by atoms with Crippen LogP contribution in [-0.4, -0.2) is 55.9 Å². The molecule has 2 saturated heterocycles. The summed E-state index contributed by atoms with van der Waals surface area (Å²) in [5.41, 5.74) is 3.37. The lowest BCUT2D eigenvalue weighted by molar-refractivity contribution is 0.0727. The van der Waals surface area contributed by atoms with Crippen molar-refractivity contribution in [3.8, 4) is 11.3 Å². The Hall–Kier alpha value is -3.16. The first-order chi connectivity index (χ1) is 13.6. The Balaban J connectivity index is 1.35. The number of fused-ring (bicyclic) bond motifs is 1. The molecule has 0 bridgehead atoms. The number of aromatic nitrogens is 4. The molecule has 3 aromatic rings. The van der Waals surface area contributed by atoms with E-state index >= 15 is 0 Å². The van der Waals surface area contributed by atoms with E-state index in [1.807, 2.05) is 43.4 Å². The summed E-state index contributed by atoms with van der Waals surface area (Å²) in [5.74, 6) is 0.523. The first-order valence-electron chi connectivity index (χ1n) is 9.57. The Labute approximate surface area is 162 Å². The summed E-state index contributed by atoms with van der Waals surface area (Å²) >= 11 is 0. The van der Waals surface area contributed by atoms with Crippen molar-refractivity contribution in [1.82, 2.24) is 24.8 Å². The number of pyridine rings is 1. The van der Waals surface area contributed by atoms with E-state index in [0.717, 1.165) is 37.2 Å². The third-order valence-electron chi connectivity index (χ3n) is 6.06. The Kier molecular flexibility index (Phi) is 3.92. The van der Waals surface area contributed by atoms with Crippen molar-refractivity contribution >= 4 is 11.6 Å². The van der Waals surface area contributed by atoms with Gasteiger partial charge in [0.15, 0.2) is 11.5 Å². The van der Waals surface area contributed by atoms with Gasteiger partial charge < -0.3 is 14.3 Å². The molecule has 0 spiro atoms. The molecule has 28 heavy (non-hydrogen) atoms. The molecule has 144 valence electrons. The van der Waals surface area contributed by atoms with Gasteiger partial charge in [0.2, 0.25) is 0 Å². The summed E-state index contributed by atoms with van der Waals surface area (Å²) in [4.78, 5) is 21.6. The Morgan fingerprint density at radius 1 is 1.18 bits per heavy atom. The van der Waals surface area contributed by atoms with E-state index in [2.05, 4.69) is 20.1 Å². The van der Waals surface area contributed by atoms with Gasteiger partial charge in [0.25, 0.3) is 5.91 Å². The van der Waals surface area contributed by atoms with Gasteiger partial charge in [-0.05, 0) is 31.9 Å². The molecule has 8 heteroatoms. The average Bonchev–Trinajstić information content (AvgIpc) is 3.47. The summed E-state index contributed by atoms with van der Waals surface area (Å²) in [6, 6.07) is 6.36. The van der Waals surface area contributed by atoms with Crippen molar-refractivity contribution in [2.45, 2.75) is 31.8 Å². The van der Waals surface area contributed by atoms with Gasteiger partial charge in [-0.1, -0.05) is 5.16 Å². The van der Waals surface area contributed by atoms with Crippen molar-refractivity contribution in [1.29, 1.82) is 0 Å². The number of rotatable bonds is 3. The normalized spacial score (nSPS) is 21.4. The maximum absolute atomic E-state index is 13.1. The van der Waals surface area contributed by atoms with E-state index in [9.17, 15) is 4.79 Å². The zero-order valence-electron chi connectivity index (χ0n) is 15.9. The van der Waals surface area contributed by atoms with Crippen molar-refractivity contribution < 1.29 is 9.32 Å². The molecule has 5 heterocycles. The van der Waals surface area contributed by atoms with Crippen LogP contribution in [0, 0.1) is 6.92 Å². The first-order valence-corrected chi connectivity index (χ1v) is 9.57. The molecule has 5 rings (SSSR count). The maximum Gasteiger partial charge on any atom is 0.276 e. The lowest BCUT2D eigenvalue weighted by atomic mass is 10.1. The summed E-state index contributed by atoms with van der Waals surface area (Å²) in [6.07, 6.45) is 7.30. The molecule has 0 aliphatic carbocycles. The van der Waals surface area contributed by atoms with Crippen LogP contribution in [-0.2, 0) is 7.05 Å². The second-order valence-corrected chi connectivity index (χ2v) is 7.45. The fourth-order valence-electron chi connectivity index (χ4n) is 4.49. The third-order valence-corrected chi connectivity index (χ3v) is 6.06. The van der Waals surface area contributed by atoms with Crippen LogP contribution in [0.1, 0.15) is 29.0 Å². The number of hydrogen-bond donors (Lipinski definition) is 0. The zero-order chi connectivity index (χ0) is 19.3. The van der Waals surface area contributed by atoms with Crippen molar-refractivity contribution in [3.63, 3.8) is 0 Å². The summed E-state index contributed by atoms with van der Waals surface area (Å²) < 4.78 is 7.23. The predicted octanol–water partition coefficient (Wildman–Crippen LogP) is 2.27. The van der Waals surface area contributed by atoms with E-state index in [4.69, 9.17) is 4.52 Å². The molecule has 2 atom stereocenters. The molecule has 2 fully saturated rings. The van der Waals surface area contributed by atoms with E-state index in [1.165, 1.54) is 5.69 Å². The maximum atomic E-state index is 13.1. The Morgan fingerprint density at radius 3 is 2.71 bits per heavy atom. The average molecular weight is 378 g/mol. The minimum atomic E-state index is -0.0550. The Bertz CT molecular complexity index is 1010. The number of carbonyl (C=O) groups is 1. The van der Waals surface area contributed by atoms with Crippen LogP contribution in [0.15, 0.2) is 41.3 Å². The van der Waals surface area contributed by atoms with Gasteiger partial charge in [-0.15, -0.1) is 0 Å². The van der Waals surface area contributed by atoms with E-state index < -0.39 is 0 Å². The summed E-state index contributed by atoms with van der Waals surface area (Å²) in [7, 11) is 1.88. The molecule has 3 aromatic heterocycles. The fraction of sp³-hybridized carbons (Fsp3) is 0.400. The largest absolute Gasteiger partial charge is 0.366 e. The van der Waals surface area contributed by atoms with Gasteiger partial charge in [-0.2, -0.15) is 5.10 Å². The number of likely N-dealkylation sites (tertiary alicyclic amines) is 1. The lowest BCUT2D eigenvalue weighted by Crippen LogP contribution is -2.39. The van der Waals surface area contributed by atoms with Crippen molar-refractivity contribution in [3.05, 3.63) is 48.2 Å². The highest BCUT2D eigenvalue weighted by Gasteiger charge is 2.45. The van der Waals surface area contributed by atoms with Crippen LogP contribution in [0.5, 0.6) is 0 Å². The topological polar surface area (TPSA) is 80.3 Å². The quantitative estimate of drug-likeness (QED) is 0.696. The molecule has 2 aliphatic heterocycles. The van der Waals surface area contributed by atoms with Crippen LogP contribution < -0.4 is 4.90 Å². The number of aryl methyl sites for hydroxylation is 1. The van der Waals surface area contributed by atoms with Crippen LogP contribution >= 0.6 is 0 Å². The van der Waals surface area contributed by atoms with Crippen LogP contribution in [0.4, 0.5) is 5.69 Å². The van der Waals surface area contributed by atoms with Crippen molar-refractivity contribution in [2.75, 3.05) is 18.0 Å². The molecule has 0 saturated carbocycles. The number of amides is 1. The third kappa shape index (κ3) is 2.59. The van der Waals surface area contributed by atoms with Crippen molar-refractivity contribution in [2.24, 2.45) is 7.05 Å². The summed E-state index contributed by atoms with van der Waals surface area (Å²) in [6.45, 7) is 3.65. The standard InChI is InChI=1S/C20H22N6O2/c1-13-15(12-22-24(13)2)19-11-16(23-28-19)20(27)26-10-6-17-18(26)5-9-25(17)14-3-7-21-8-4-14/h3-4,7-8,11-12,17-18H,5-6,9-10H2,1-2H3/t17-,18-/m0/s1. The van der Waals surface area contributed by atoms with Gasteiger partial charge in [0.05, 0.1) is 23.8 Å². The lowest BCUT2D eigenvalue weighted by Gasteiger charge is -2.26. The Morgan fingerprint density at radius 2 is 1.96 bits per heavy atom. The second kappa shape index (κ2) is 6.47. The smallest absolute Gasteiger partial charge is 0.276 e. The monoisotopic (exact) mass is 378 g/mol. The molecular weight excluding hydrogens is 356 g/mol. The molecule has 1 amide bonds. The van der Waals surface area contributed by atoms with E-state index in [1.54, 1.807) is 16.9 Å². The van der Waals surface area contributed by atoms with Gasteiger partial charge in [0.1, 0.15) is 0 Å². The summed E-state index contributed by atoms with van der Waals surface area (Å²) in [5, 5.41) is 8.28.